The number of aryl methyl sites for hydroxylation is 2. The smallest absolute Gasteiger partial charge is 0.332 e. The van der Waals surface area contributed by atoms with Crippen LogP contribution in [0.15, 0.2) is 64.3 Å². The fourth-order valence-corrected chi connectivity index (χ4v) is 4.97. The molecule has 5 rings (SSSR count). The van der Waals surface area contributed by atoms with Crippen molar-refractivity contribution in [1.29, 1.82) is 5.26 Å². The number of hydrogen-bond acceptors (Lipinski definition) is 4. The van der Waals surface area contributed by atoms with Crippen molar-refractivity contribution in [2.75, 3.05) is 0 Å². The van der Waals surface area contributed by atoms with E-state index in [1.165, 1.54) is 18.2 Å². The maximum atomic E-state index is 13.6. The highest BCUT2D eigenvalue weighted by molar-refractivity contribution is 7.86. The molecule has 0 bridgehead atoms. The number of benzene rings is 3. The van der Waals surface area contributed by atoms with Crippen LogP contribution in [-0.2, 0) is 23.7 Å². The van der Waals surface area contributed by atoms with Gasteiger partial charge in [0.2, 0.25) is 0 Å². The van der Waals surface area contributed by atoms with Crippen molar-refractivity contribution >= 4 is 43.1 Å². The Morgan fingerprint density at radius 3 is 2.58 bits per heavy atom. The van der Waals surface area contributed by atoms with E-state index in [0.29, 0.717) is 45.0 Å². The molecular formula is C25H18FN3O3S. The molecule has 8 heteroatoms. The number of pyridine rings is 1. The maximum Gasteiger partial charge on any atom is 0.332 e. The summed E-state index contributed by atoms with van der Waals surface area (Å²) in [6, 6.07) is 16.7. The van der Waals surface area contributed by atoms with E-state index in [4.69, 9.17) is 0 Å². The van der Waals surface area contributed by atoms with E-state index in [2.05, 4.69) is 11.1 Å². The minimum absolute atomic E-state index is 0.129. The van der Waals surface area contributed by atoms with Crippen LogP contribution in [0.25, 0.3) is 44.0 Å². The van der Waals surface area contributed by atoms with Crippen molar-refractivity contribution in [2.24, 2.45) is 7.05 Å². The number of hydrogen-bond donors (Lipinski definition) is 1. The Hall–Kier alpha value is -3.96. The lowest BCUT2D eigenvalue weighted by Gasteiger charge is -2.14. The zero-order chi connectivity index (χ0) is 23.5. The standard InChI is InChI=1S/C25H18FN3O3S/c1-3-15-11-20-22(12-19(15)16-5-4-6-17(10-16)33(26,31)32)29(2)25-23(24(20)30)18-8-7-14(13-27)9-21(18)28-25/h4-12,28H,3H2,1-2H3. The van der Waals surface area contributed by atoms with Crippen molar-refractivity contribution in [3.05, 3.63) is 75.9 Å². The minimum atomic E-state index is -4.84. The van der Waals surface area contributed by atoms with Gasteiger partial charge in [-0.25, -0.2) is 0 Å². The fourth-order valence-electron chi connectivity index (χ4n) is 4.46. The van der Waals surface area contributed by atoms with Crippen molar-refractivity contribution in [3.8, 4) is 17.2 Å². The Kier molecular flexibility index (Phi) is 4.62. The Labute approximate surface area is 188 Å². The second-order valence-corrected chi connectivity index (χ2v) is 9.30. The molecule has 0 radical (unpaired) electrons. The Morgan fingerprint density at radius 1 is 1.09 bits per heavy atom. The molecule has 0 aliphatic carbocycles. The lowest BCUT2D eigenvalue weighted by atomic mass is 9.95. The average Bonchev–Trinajstić information content (AvgIpc) is 3.20. The van der Waals surface area contributed by atoms with Crippen LogP contribution in [0.5, 0.6) is 0 Å². The van der Waals surface area contributed by atoms with E-state index in [0.717, 1.165) is 16.5 Å². The maximum absolute atomic E-state index is 13.6. The van der Waals surface area contributed by atoms with Gasteiger partial charge in [-0.05, 0) is 59.5 Å². The summed E-state index contributed by atoms with van der Waals surface area (Å²) in [4.78, 5) is 16.4. The van der Waals surface area contributed by atoms with E-state index < -0.39 is 15.1 Å². The van der Waals surface area contributed by atoms with Gasteiger partial charge in [0, 0.05) is 23.3 Å². The number of aromatic amines is 1. The number of fused-ring (bicyclic) bond motifs is 4. The molecule has 2 aromatic heterocycles. The van der Waals surface area contributed by atoms with E-state index >= 15 is 0 Å². The largest absolute Gasteiger partial charge is 0.340 e. The normalized spacial score (nSPS) is 11.9. The number of H-pyrrole nitrogens is 1. The summed E-state index contributed by atoms with van der Waals surface area (Å²) >= 11 is 0. The molecule has 0 aliphatic heterocycles. The summed E-state index contributed by atoms with van der Waals surface area (Å²) in [6.45, 7) is 1.94. The monoisotopic (exact) mass is 459 g/mol. The van der Waals surface area contributed by atoms with Crippen LogP contribution in [0.2, 0.25) is 0 Å². The average molecular weight is 460 g/mol. The molecule has 33 heavy (non-hydrogen) atoms. The van der Waals surface area contributed by atoms with Gasteiger partial charge in [-0.15, -0.1) is 3.89 Å². The molecule has 0 unspecified atom stereocenters. The summed E-state index contributed by atoms with van der Waals surface area (Å²) < 4.78 is 38.3. The van der Waals surface area contributed by atoms with E-state index in [9.17, 15) is 22.4 Å². The molecule has 5 aromatic rings. The SMILES string of the molecule is CCc1cc2c(=O)c3c4ccc(C#N)cc4[nH]c3n(C)c2cc1-c1cccc(S(=O)(=O)F)c1. The van der Waals surface area contributed by atoms with Crippen molar-refractivity contribution < 1.29 is 12.3 Å². The summed E-state index contributed by atoms with van der Waals surface area (Å²) in [5.74, 6) is 0. The van der Waals surface area contributed by atoms with Crippen LogP contribution < -0.4 is 5.43 Å². The van der Waals surface area contributed by atoms with E-state index in [1.807, 2.05) is 30.7 Å². The molecular weight excluding hydrogens is 441 g/mol. The second kappa shape index (κ2) is 7.29. The first-order chi connectivity index (χ1) is 15.7. The van der Waals surface area contributed by atoms with Crippen LogP contribution in [0.1, 0.15) is 18.1 Å². The number of halogens is 1. The van der Waals surface area contributed by atoms with Crippen molar-refractivity contribution in [3.63, 3.8) is 0 Å². The third-order valence-electron chi connectivity index (χ3n) is 6.11. The molecule has 0 amide bonds. The summed E-state index contributed by atoms with van der Waals surface area (Å²) in [5.41, 5.74) is 4.46. The predicted molar refractivity (Wildman–Crippen MR) is 126 cm³/mol. The van der Waals surface area contributed by atoms with Crippen LogP contribution in [0.3, 0.4) is 0 Å². The molecule has 6 nitrogen and oxygen atoms in total. The van der Waals surface area contributed by atoms with Crippen LogP contribution in [-0.4, -0.2) is 18.0 Å². The van der Waals surface area contributed by atoms with Crippen LogP contribution >= 0.6 is 0 Å². The summed E-state index contributed by atoms with van der Waals surface area (Å²) in [5, 5.41) is 11.0. The van der Waals surface area contributed by atoms with Crippen LogP contribution in [0.4, 0.5) is 3.89 Å². The summed E-state index contributed by atoms with van der Waals surface area (Å²) in [6.07, 6.45) is 0.596. The van der Waals surface area contributed by atoms with E-state index in [-0.39, 0.29) is 5.43 Å². The number of nitrogens with zero attached hydrogens (tertiary/aromatic N) is 2. The molecule has 0 fully saturated rings. The summed E-state index contributed by atoms with van der Waals surface area (Å²) in [7, 11) is -3.01. The number of aromatic nitrogens is 2. The van der Waals surface area contributed by atoms with Gasteiger partial charge in [-0.2, -0.15) is 13.7 Å². The van der Waals surface area contributed by atoms with Gasteiger partial charge in [-0.3, -0.25) is 4.79 Å². The minimum Gasteiger partial charge on any atom is -0.340 e. The van der Waals surface area contributed by atoms with Gasteiger partial charge >= 0.3 is 10.2 Å². The molecule has 3 aromatic carbocycles. The molecule has 0 saturated carbocycles. The molecule has 1 N–H and O–H groups in total. The topological polar surface area (TPSA) is 95.7 Å². The second-order valence-electron chi connectivity index (χ2n) is 7.95. The third kappa shape index (κ3) is 3.20. The van der Waals surface area contributed by atoms with Gasteiger partial charge in [0.1, 0.15) is 5.65 Å². The Balaban J connectivity index is 1.87. The van der Waals surface area contributed by atoms with Gasteiger partial charge in [-0.1, -0.05) is 25.1 Å². The highest BCUT2D eigenvalue weighted by atomic mass is 32.3. The van der Waals surface area contributed by atoms with Gasteiger partial charge in [0.05, 0.1) is 27.4 Å². The van der Waals surface area contributed by atoms with Gasteiger partial charge in [0.25, 0.3) is 0 Å². The quantitative estimate of drug-likeness (QED) is 0.387. The van der Waals surface area contributed by atoms with Crippen molar-refractivity contribution in [1.82, 2.24) is 9.55 Å². The number of nitrogens with one attached hydrogen (secondary N) is 1. The first-order valence-electron chi connectivity index (χ1n) is 10.3. The zero-order valence-electron chi connectivity index (χ0n) is 17.8. The zero-order valence-corrected chi connectivity index (χ0v) is 18.6. The lowest BCUT2D eigenvalue weighted by molar-refractivity contribution is 0.552. The van der Waals surface area contributed by atoms with Crippen molar-refractivity contribution in [2.45, 2.75) is 18.2 Å². The predicted octanol–water partition coefficient (Wildman–Crippen LogP) is 4.93. The molecule has 2 heterocycles. The van der Waals surface area contributed by atoms with Crippen LogP contribution in [0, 0.1) is 11.3 Å². The Bertz CT molecular complexity index is 1830. The first kappa shape index (κ1) is 20.9. The number of rotatable bonds is 3. The van der Waals surface area contributed by atoms with E-state index in [1.54, 1.807) is 24.3 Å². The highest BCUT2D eigenvalue weighted by Crippen LogP contribution is 2.32. The molecule has 0 saturated heterocycles. The molecule has 164 valence electrons. The molecule has 0 aliphatic rings. The van der Waals surface area contributed by atoms with Gasteiger partial charge < -0.3 is 9.55 Å². The number of nitriles is 1. The van der Waals surface area contributed by atoms with Gasteiger partial charge in [0.15, 0.2) is 5.43 Å². The third-order valence-corrected chi connectivity index (χ3v) is 6.92. The molecule has 0 atom stereocenters. The highest BCUT2D eigenvalue weighted by Gasteiger charge is 2.18. The first-order valence-corrected chi connectivity index (χ1v) is 11.7. The lowest BCUT2D eigenvalue weighted by Crippen LogP contribution is -2.09. The fraction of sp³-hybridized carbons (Fsp3) is 0.120. The Morgan fingerprint density at radius 2 is 1.88 bits per heavy atom. The molecule has 0 spiro atoms.